The average Bonchev–Trinajstić information content (AvgIpc) is 3.45. The second-order valence-electron chi connectivity index (χ2n) is 6.94. The van der Waals surface area contributed by atoms with Gasteiger partial charge in [-0.1, -0.05) is 49.5 Å². The molecule has 0 aromatic carbocycles. The van der Waals surface area contributed by atoms with Gasteiger partial charge in [0.2, 0.25) is 11.7 Å². The normalized spacial score (nSPS) is 15.4. The van der Waals surface area contributed by atoms with Gasteiger partial charge < -0.3 is 8.94 Å². The highest BCUT2D eigenvalue weighted by Crippen LogP contribution is 2.36. The maximum Gasteiger partial charge on any atom is 0.226 e. The Morgan fingerprint density at radius 3 is 2.89 bits per heavy atom. The van der Waals surface area contributed by atoms with Crippen LogP contribution in [0.3, 0.4) is 0 Å². The molecule has 4 rings (SSSR count). The lowest BCUT2D eigenvalue weighted by atomic mass is 9.95. The van der Waals surface area contributed by atoms with E-state index in [2.05, 4.69) is 31.8 Å². The van der Waals surface area contributed by atoms with Crippen molar-refractivity contribution in [2.45, 2.75) is 75.2 Å². The molecule has 1 aliphatic rings. The third-order valence-corrected chi connectivity index (χ3v) is 5.87. The molecule has 144 valence electrons. The maximum absolute atomic E-state index is 5.60. The Bertz CT molecular complexity index is 836. The standard InChI is InChI=1S/C19H25N5O2S/c1-2-3-11-17-20-16(23-26-17)13-27-19-22-21-18(15-10-7-12-25-15)24(19)14-8-5-4-6-9-14/h7,10,12,14H,2-6,8-9,11,13H2,1H3. The summed E-state index contributed by atoms with van der Waals surface area (Å²) in [5.41, 5.74) is 0. The molecule has 0 radical (unpaired) electrons. The lowest BCUT2D eigenvalue weighted by molar-refractivity contribution is 0.337. The molecule has 0 bridgehead atoms. The number of nitrogens with zero attached hydrogens (tertiary/aromatic N) is 5. The van der Waals surface area contributed by atoms with E-state index >= 15 is 0 Å². The van der Waals surface area contributed by atoms with Crippen LogP contribution in [0, 0.1) is 0 Å². The van der Waals surface area contributed by atoms with E-state index in [1.807, 2.05) is 12.1 Å². The number of unbranched alkanes of at least 4 members (excludes halogenated alkanes) is 1. The van der Waals surface area contributed by atoms with E-state index in [9.17, 15) is 0 Å². The number of hydrogen-bond acceptors (Lipinski definition) is 7. The summed E-state index contributed by atoms with van der Waals surface area (Å²) in [6, 6.07) is 4.25. The summed E-state index contributed by atoms with van der Waals surface area (Å²) in [6.45, 7) is 2.15. The summed E-state index contributed by atoms with van der Waals surface area (Å²) in [6.07, 6.45) is 10.8. The third-order valence-electron chi connectivity index (χ3n) is 4.93. The first-order valence-electron chi connectivity index (χ1n) is 9.78. The Kier molecular flexibility index (Phi) is 5.91. The van der Waals surface area contributed by atoms with Crippen molar-refractivity contribution in [2.75, 3.05) is 0 Å². The van der Waals surface area contributed by atoms with E-state index in [1.165, 1.54) is 19.3 Å². The zero-order chi connectivity index (χ0) is 18.5. The molecule has 0 atom stereocenters. The summed E-state index contributed by atoms with van der Waals surface area (Å²) < 4.78 is 13.2. The molecule has 1 aliphatic carbocycles. The number of aromatic nitrogens is 5. The predicted molar refractivity (Wildman–Crippen MR) is 102 cm³/mol. The van der Waals surface area contributed by atoms with Gasteiger partial charge in [-0.25, -0.2) is 0 Å². The van der Waals surface area contributed by atoms with Crippen LogP contribution in [0.1, 0.15) is 69.6 Å². The monoisotopic (exact) mass is 387 g/mol. The van der Waals surface area contributed by atoms with Crippen molar-refractivity contribution >= 4 is 11.8 Å². The highest BCUT2D eigenvalue weighted by molar-refractivity contribution is 7.98. The molecular weight excluding hydrogens is 362 g/mol. The molecule has 0 unspecified atom stereocenters. The zero-order valence-corrected chi connectivity index (χ0v) is 16.5. The first kappa shape index (κ1) is 18.3. The summed E-state index contributed by atoms with van der Waals surface area (Å²) in [5, 5.41) is 13.9. The van der Waals surface area contributed by atoms with Crippen LogP contribution in [-0.2, 0) is 12.2 Å². The second-order valence-corrected chi connectivity index (χ2v) is 7.88. The minimum Gasteiger partial charge on any atom is -0.461 e. The van der Waals surface area contributed by atoms with Crippen LogP contribution in [0.4, 0.5) is 0 Å². The highest BCUT2D eigenvalue weighted by Gasteiger charge is 2.25. The fraction of sp³-hybridized carbons (Fsp3) is 0.579. The Morgan fingerprint density at radius 2 is 2.11 bits per heavy atom. The van der Waals surface area contributed by atoms with Crippen molar-refractivity contribution in [3.63, 3.8) is 0 Å². The largest absolute Gasteiger partial charge is 0.461 e. The molecule has 3 heterocycles. The molecule has 1 saturated carbocycles. The van der Waals surface area contributed by atoms with Crippen molar-refractivity contribution in [2.24, 2.45) is 0 Å². The van der Waals surface area contributed by atoms with Crippen LogP contribution in [0.15, 0.2) is 32.5 Å². The molecule has 0 aliphatic heterocycles. The molecule has 3 aromatic rings. The quantitative estimate of drug-likeness (QED) is 0.499. The molecule has 7 nitrogen and oxygen atoms in total. The van der Waals surface area contributed by atoms with E-state index in [0.29, 0.717) is 17.6 Å². The first-order valence-corrected chi connectivity index (χ1v) is 10.8. The number of thioether (sulfide) groups is 1. The van der Waals surface area contributed by atoms with Crippen molar-refractivity contribution in [1.29, 1.82) is 0 Å². The smallest absolute Gasteiger partial charge is 0.226 e. The minimum atomic E-state index is 0.418. The van der Waals surface area contributed by atoms with Gasteiger partial charge in [0, 0.05) is 12.5 Å². The van der Waals surface area contributed by atoms with Crippen molar-refractivity contribution in [1.82, 2.24) is 24.9 Å². The first-order chi connectivity index (χ1) is 13.3. The number of furan rings is 1. The Labute approximate surface area is 162 Å². The van der Waals surface area contributed by atoms with Gasteiger partial charge in [-0.15, -0.1) is 10.2 Å². The third kappa shape index (κ3) is 4.26. The van der Waals surface area contributed by atoms with Crippen LogP contribution in [0.2, 0.25) is 0 Å². The van der Waals surface area contributed by atoms with E-state index in [1.54, 1.807) is 18.0 Å². The molecule has 0 N–H and O–H groups in total. The number of aryl methyl sites for hydroxylation is 1. The summed E-state index contributed by atoms with van der Waals surface area (Å²) in [5.74, 6) is 3.63. The zero-order valence-electron chi connectivity index (χ0n) is 15.6. The topological polar surface area (TPSA) is 82.8 Å². The van der Waals surface area contributed by atoms with E-state index in [0.717, 1.165) is 54.7 Å². The molecule has 3 aromatic heterocycles. The SMILES string of the molecule is CCCCc1nc(CSc2nnc(-c3ccco3)n2C2CCCCC2)no1. The minimum absolute atomic E-state index is 0.418. The van der Waals surface area contributed by atoms with Crippen molar-refractivity contribution < 1.29 is 8.94 Å². The molecule has 0 saturated heterocycles. The van der Waals surface area contributed by atoms with Crippen LogP contribution in [0.25, 0.3) is 11.6 Å². The van der Waals surface area contributed by atoms with Crippen molar-refractivity contribution in [3.8, 4) is 11.6 Å². The van der Waals surface area contributed by atoms with Gasteiger partial charge in [-0.3, -0.25) is 4.57 Å². The molecule has 27 heavy (non-hydrogen) atoms. The fourth-order valence-electron chi connectivity index (χ4n) is 3.53. The van der Waals surface area contributed by atoms with E-state index < -0.39 is 0 Å². The van der Waals surface area contributed by atoms with Crippen LogP contribution >= 0.6 is 11.8 Å². The van der Waals surface area contributed by atoms with Gasteiger partial charge >= 0.3 is 0 Å². The van der Waals surface area contributed by atoms with E-state index in [4.69, 9.17) is 8.94 Å². The molecule has 0 spiro atoms. The van der Waals surface area contributed by atoms with E-state index in [-0.39, 0.29) is 0 Å². The number of rotatable bonds is 8. The average molecular weight is 388 g/mol. The van der Waals surface area contributed by atoms with Gasteiger partial charge in [-0.05, 0) is 31.4 Å². The van der Waals surface area contributed by atoms with Gasteiger partial charge in [0.25, 0.3) is 0 Å². The summed E-state index contributed by atoms with van der Waals surface area (Å²) in [4.78, 5) is 4.49. The molecule has 1 fully saturated rings. The lowest BCUT2D eigenvalue weighted by Crippen LogP contribution is -2.15. The fourth-order valence-corrected chi connectivity index (χ4v) is 4.37. The Balaban J connectivity index is 1.52. The predicted octanol–water partition coefficient (Wildman–Crippen LogP) is 5.06. The second kappa shape index (κ2) is 8.73. The van der Waals surface area contributed by atoms with Crippen LogP contribution in [0.5, 0.6) is 0 Å². The molecular formula is C19H25N5O2S. The van der Waals surface area contributed by atoms with Gasteiger partial charge in [0.05, 0.1) is 12.0 Å². The Morgan fingerprint density at radius 1 is 1.22 bits per heavy atom. The van der Waals surface area contributed by atoms with Gasteiger partial charge in [0.1, 0.15) is 0 Å². The van der Waals surface area contributed by atoms with Gasteiger partial charge in [-0.2, -0.15) is 4.98 Å². The lowest BCUT2D eigenvalue weighted by Gasteiger charge is -2.25. The van der Waals surface area contributed by atoms with Crippen LogP contribution in [-0.4, -0.2) is 24.9 Å². The van der Waals surface area contributed by atoms with Crippen LogP contribution < -0.4 is 0 Å². The van der Waals surface area contributed by atoms with Gasteiger partial charge in [0.15, 0.2) is 16.7 Å². The summed E-state index contributed by atoms with van der Waals surface area (Å²) >= 11 is 1.61. The van der Waals surface area contributed by atoms with Crippen molar-refractivity contribution in [3.05, 3.63) is 30.1 Å². The Hall–Kier alpha value is -2.09. The highest BCUT2D eigenvalue weighted by atomic mass is 32.2. The number of hydrogen-bond donors (Lipinski definition) is 0. The maximum atomic E-state index is 5.60. The molecule has 0 amide bonds. The molecule has 8 heteroatoms. The summed E-state index contributed by atoms with van der Waals surface area (Å²) in [7, 11) is 0.